The van der Waals surface area contributed by atoms with Crippen LogP contribution in [0.4, 0.5) is 4.39 Å². The summed E-state index contributed by atoms with van der Waals surface area (Å²) in [5.41, 5.74) is 7.45. The quantitative estimate of drug-likeness (QED) is 0.683. The molecule has 1 N–H and O–H groups in total. The molecule has 1 heterocycles. The number of aromatic nitrogens is 1. The lowest BCUT2D eigenvalue weighted by Gasteiger charge is -2.13. The molecule has 0 fully saturated rings. The van der Waals surface area contributed by atoms with Crippen LogP contribution in [0.25, 0.3) is 16.9 Å². The van der Waals surface area contributed by atoms with Gasteiger partial charge in [0, 0.05) is 11.4 Å². The zero-order chi connectivity index (χ0) is 18.7. The molecule has 5 heteroatoms. The molecule has 4 nitrogen and oxygen atoms in total. The number of hydrogen-bond donors (Lipinski definition) is 1. The highest BCUT2D eigenvalue weighted by Gasteiger charge is 2.19. The molecule has 0 aliphatic carbocycles. The lowest BCUT2D eigenvalue weighted by atomic mass is 10.1. The molecular formula is C21H21FN2O2. The Morgan fingerprint density at radius 3 is 2.35 bits per heavy atom. The van der Waals surface area contributed by atoms with E-state index in [-0.39, 0.29) is 11.7 Å². The monoisotopic (exact) mass is 352 g/mol. The van der Waals surface area contributed by atoms with E-state index in [0.29, 0.717) is 12.2 Å². The maximum absolute atomic E-state index is 13.3. The van der Waals surface area contributed by atoms with Crippen molar-refractivity contribution in [3.8, 4) is 16.9 Å². The molecular weight excluding hydrogens is 331 g/mol. The fourth-order valence-corrected chi connectivity index (χ4v) is 2.89. The van der Waals surface area contributed by atoms with E-state index in [9.17, 15) is 9.18 Å². The molecule has 3 aromatic rings. The number of nitrogens with zero attached hydrogens (tertiary/aromatic N) is 1. The molecule has 1 aromatic heterocycles. The molecule has 0 atom stereocenters. The van der Waals surface area contributed by atoms with Crippen molar-refractivity contribution in [2.75, 3.05) is 6.61 Å². The molecule has 3 rings (SSSR count). The van der Waals surface area contributed by atoms with Crippen LogP contribution in [0.5, 0.6) is 0 Å². The van der Waals surface area contributed by atoms with Crippen LogP contribution in [0.3, 0.4) is 0 Å². The summed E-state index contributed by atoms with van der Waals surface area (Å²) in [7, 11) is 0. The fraction of sp³-hybridized carbons (Fsp3) is 0.190. The SMILES string of the molecule is CCONC(=O)c1cc(-c2ccc(F)cc2)n(-c2ccc(C)cc2)c1C. The molecule has 2 aromatic carbocycles. The molecule has 26 heavy (non-hydrogen) atoms. The van der Waals surface area contributed by atoms with E-state index < -0.39 is 0 Å². The van der Waals surface area contributed by atoms with Crippen molar-refractivity contribution in [2.45, 2.75) is 20.8 Å². The second kappa shape index (κ2) is 7.54. The maximum atomic E-state index is 13.3. The molecule has 0 saturated carbocycles. The Hall–Kier alpha value is -2.92. The predicted molar refractivity (Wildman–Crippen MR) is 99.7 cm³/mol. The first-order valence-corrected chi connectivity index (χ1v) is 8.48. The van der Waals surface area contributed by atoms with E-state index in [0.717, 1.165) is 28.2 Å². The molecule has 0 radical (unpaired) electrons. The van der Waals surface area contributed by atoms with E-state index in [1.165, 1.54) is 12.1 Å². The Balaban J connectivity index is 2.15. The Kier molecular flexibility index (Phi) is 5.19. The highest BCUT2D eigenvalue weighted by molar-refractivity contribution is 5.96. The fourth-order valence-electron chi connectivity index (χ4n) is 2.89. The van der Waals surface area contributed by atoms with Gasteiger partial charge in [0.1, 0.15) is 5.82 Å². The summed E-state index contributed by atoms with van der Waals surface area (Å²) < 4.78 is 15.3. The number of aryl methyl sites for hydroxylation is 1. The Labute approximate surface area is 152 Å². The smallest absolute Gasteiger partial charge is 0.276 e. The third kappa shape index (κ3) is 3.53. The van der Waals surface area contributed by atoms with Gasteiger partial charge in [0.05, 0.1) is 17.9 Å². The van der Waals surface area contributed by atoms with Crippen molar-refractivity contribution in [1.82, 2.24) is 10.0 Å². The van der Waals surface area contributed by atoms with Crippen LogP contribution in [-0.4, -0.2) is 17.1 Å². The molecule has 0 aliphatic heterocycles. The van der Waals surface area contributed by atoms with Crippen molar-refractivity contribution in [2.24, 2.45) is 0 Å². The molecule has 0 aliphatic rings. The van der Waals surface area contributed by atoms with Crippen LogP contribution in [0.15, 0.2) is 54.6 Å². The van der Waals surface area contributed by atoms with E-state index in [1.54, 1.807) is 25.1 Å². The van der Waals surface area contributed by atoms with Gasteiger partial charge < -0.3 is 4.57 Å². The lowest BCUT2D eigenvalue weighted by molar-refractivity contribution is 0.0364. The third-order valence-corrected chi connectivity index (χ3v) is 4.23. The number of halogens is 1. The van der Waals surface area contributed by atoms with Gasteiger partial charge in [0.25, 0.3) is 5.91 Å². The van der Waals surface area contributed by atoms with Crippen LogP contribution in [0, 0.1) is 19.7 Å². The minimum absolute atomic E-state index is 0.298. The van der Waals surface area contributed by atoms with Gasteiger partial charge in [-0.05, 0) is 68.8 Å². The van der Waals surface area contributed by atoms with Gasteiger partial charge in [-0.15, -0.1) is 0 Å². The van der Waals surface area contributed by atoms with Crippen molar-refractivity contribution in [3.63, 3.8) is 0 Å². The van der Waals surface area contributed by atoms with Crippen molar-refractivity contribution in [3.05, 3.63) is 77.2 Å². The van der Waals surface area contributed by atoms with Crippen molar-refractivity contribution in [1.29, 1.82) is 0 Å². The van der Waals surface area contributed by atoms with E-state index >= 15 is 0 Å². The highest BCUT2D eigenvalue weighted by Crippen LogP contribution is 2.30. The van der Waals surface area contributed by atoms with Crippen LogP contribution < -0.4 is 5.48 Å². The summed E-state index contributed by atoms with van der Waals surface area (Å²) in [6.07, 6.45) is 0. The number of carbonyl (C=O) groups excluding carboxylic acids is 1. The molecule has 0 saturated heterocycles. The van der Waals surface area contributed by atoms with E-state index in [4.69, 9.17) is 4.84 Å². The average Bonchev–Trinajstić information content (AvgIpc) is 2.98. The van der Waals surface area contributed by atoms with Gasteiger partial charge in [-0.1, -0.05) is 17.7 Å². The summed E-state index contributed by atoms with van der Waals surface area (Å²) in [5, 5.41) is 0. The summed E-state index contributed by atoms with van der Waals surface area (Å²) in [6.45, 7) is 6.09. The zero-order valence-corrected chi connectivity index (χ0v) is 15.0. The number of carbonyl (C=O) groups is 1. The largest absolute Gasteiger partial charge is 0.313 e. The Morgan fingerprint density at radius 1 is 1.08 bits per heavy atom. The van der Waals surface area contributed by atoms with E-state index in [2.05, 4.69) is 5.48 Å². The highest BCUT2D eigenvalue weighted by atomic mass is 19.1. The first-order valence-electron chi connectivity index (χ1n) is 8.48. The number of hydrogen-bond acceptors (Lipinski definition) is 2. The Bertz CT molecular complexity index is 912. The van der Waals surface area contributed by atoms with Crippen molar-refractivity contribution < 1.29 is 14.0 Å². The normalized spacial score (nSPS) is 10.8. The van der Waals surface area contributed by atoms with Crippen LogP contribution in [-0.2, 0) is 4.84 Å². The third-order valence-electron chi connectivity index (χ3n) is 4.23. The molecule has 0 spiro atoms. The van der Waals surface area contributed by atoms with Crippen LogP contribution in [0.1, 0.15) is 28.5 Å². The number of rotatable bonds is 5. The summed E-state index contributed by atoms with van der Waals surface area (Å²) in [4.78, 5) is 17.5. The van der Waals surface area contributed by atoms with Crippen LogP contribution in [0.2, 0.25) is 0 Å². The van der Waals surface area contributed by atoms with Gasteiger partial charge in [0.2, 0.25) is 0 Å². The van der Waals surface area contributed by atoms with Gasteiger partial charge in [-0.3, -0.25) is 9.63 Å². The second-order valence-electron chi connectivity index (χ2n) is 6.07. The summed E-state index contributed by atoms with van der Waals surface area (Å²) >= 11 is 0. The summed E-state index contributed by atoms with van der Waals surface area (Å²) in [6, 6.07) is 16.1. The van der Waals surface area contributed by atoms with Gasteiger partial charge in [-0.25, -0.2) is 9.87 Å². The number of hydroxylamine groups is 1. The first kappa shape index (κ1) is 17.9. The average molecular weight is 352 g/mol. The zero-order valence-electron chi connectivity index (χ0n) is 15.0. The first-order chi connectivity index (χ1) is 12.5. The molecule has 0 bridgehead atoms. The molecule has 0 unspecified atom stereocenters. The van der Waals surface area contributed by atoms with E-state index in [1.807, 2.05) is 42.7 Å². The van der Waals surface area contributed by atoms with Crippen LogP contribution >= 0.6 is 0 Å². The lowest BCUT2D eigenvalue weighted by Crippen LogP contribution is -2.24. The number of nitrogens with one attached hydrogen (secondary N) is 1. The number of amides is 1. The van der Waals surface area contributed by atoms with Gasteiger partial charge in [0.15, 0.2) is 0 Å². The van der Waals surface area contributed by atoms with Crippen molar-refractivity contribution >= 4 is 5.91 Å². The summed E-state index contributed by atoms with van der Waals surface area (Å²) in [5.74, 6) is -0.605. The Morgan fingerprint density at radius 2 is 1.73 bits per heavy atom. The minimum atomic E-state index is -0.307. The topological polar surface area (TPSA) is 43.3 Å². The minimum Gasteiger partial charge on any atom is -0.313 e. The molecule has 134 valence electrons. The van der Waals surface area contributed by atoms with Gasteiger partial charge in [-0.2, -0.15) is 0 Å². The molecule has 1 amide bonds. The maximum Gasteiger partial charge on any atom is 0.276 e. The van der Waals surface area contributed by atoms with Gasteiger partial charge >= 0.3 is 0 Å². The predicted octanol–water partition coefficient (Wildman–Crippen LogP) is 4.58. The number of benzene rings is 2. The second-order valence-corrected chi connectivity index (χ2v) is 6.07. The standard InChI is InChI=1S/C21H21FN2O2/c1-4-26-23-21(25)19-13-20(16-7-9-17(22)10-8-16)24(15(19)3)18-11-5-14(2)6-12-18/h5-13H,4H2,1-3H3,(H,23,25).